The number of rotatable bonds is 5. The SMILES string of the molecule is O=C1[C@@H]2[C@@H](C(=O)N1/N=C\c1cccc(OCc3ccccc3Cl)c1)[C@H]1C=C[C@H]2C1. The first-order valence-electron chi connectivity index (χ1n) is 9.68. The third kappa shape index (κ3) is 3.15. The van der Waals surface area contributed by atoms with Crippen LogP contribution < -0.4 is 4.74 Å². The number of fused-ring (bicyclic) bond motifs is 5. The zero-order chi connectivity index (χ0) is 20.0. The van der Waals surface area contributed by atoms with Gasteiger partial charge in [0.2, 0.25) is 0 Å². The quantitative estimate of drug-likeness (QED) is 0.427. The maximum atomic E-state index is 12.7. The van der Waals surface area contributed by atoms with Crippen molar-refractivity contribution in [3.63, 3.8) is 0 Å². The smallest absolute Gasteiger partial charge is 0.254 e. The highest BCUT2D eigenvalue weighted by Gasteiger charge is 2.59. The normalized spacial score (nSPS) is 27.3. The van der Waals surface area contributed by atoms with Crippen molar-refractivity contribution >= 4 is 29.6 Å². The maximum absolute atomic E-state index is 12.7. The molecule has 1 aliphatic heterocycles. The molecule has 0 N–H and O–H groups in total. The van der Waals surface area contributed by atoms with Crippen molar-refractivity contribution in [1.29, 1.82) is 0 Å². The Bertz CT molecular complexity index is 1020. The number of carbonyl (C=O) groups is 2. The third-order valence-corrected chi connectivity index (χ3v) is 6.35. The van der Waals surface area contributed by atoms with E-state index >= 15 is 0 Å². The number of ether oxygens (including phenoxy) is 1. The topological polar surface area (TPSA) is 59.0 Å². The summed E-state index contributed by atoms with van der Waals surface area (Å²) in [7, 11) is 0. The van der Waals surface area contributed by atoms with Gasteiger partial charge in [0.1, 0.15) is 12.4 Å². The van der Waals surface area contributed by atoms with Gasteiger partial charge in [-0.3, -0.25) is 9.59 Å². The zero-order valence-corrected chi connectivity index (χ0v) is 16.3. The Morgan fingerprint density at radius 1 is 1.03 bits per heavy atom. The second kappa shape index (κ2) is 7.16. The van der Waals surface area contributed by atoms with Crippen LogP contribution in [0.15, 0.2) is 65.8 Å². The number of allylic oxidation sites excluding steroid dienone is 2. The van der Waals surface area contributed by atoms with Gasteiger partial charge in [0.05, 0.1) is 18.1 Å². The van der Waals surface area contributed by atoms with Gasteiger partial charge in [-0.05, 0) is 42.0 Å². The van der Waals surface area contributed by atoms with Crippen LogP contribution in [0.3, 0.4) is 0 Å². The Hall–Kier alpha value is -2.92. The molecule has 1 saturated carbocycles. The second-order valence-electron chi connectivity index (χ2n) is 7.69. The Morgan fingerprint density at radius 2 is 1.76 bits per heavy atom. The predicted molar refractivity (Wildman–Crippen MR) is 109 cm³/mol. The molecular formula is C23H19ClN2O3. The van der Waals surface area contributed by atoms with E-state index in [1.165, 1.54) is 6.21 Å². The minimum absolute atomic E-state index is 0.181. The molecule has 0 unspecified atom stereocenters. The fourth-order valence-electron chi connectivity index (χ4n) is 4.59. The molecule has 0 aromatic heterocycles. The van der Waals surface area contributed by atoms with Gasteiger partial charge in [-0.2, -0.15) is 10.1 Å². The fourth-order valence-corrected chi connectivity index (χ4v) is 4.78. The van der Waals surface area contributed by atoms with Crippen molar-refractivity contribution in [3.8, 4) is 5.75 Å². The first kappa shape index (κ1) is 18.1. The highest BCUT2D eigenvalue weighted by Crippen LogP contribution is 2.52. The van der Waals surface area contributed by atoms with Crippen LogP contribution in [0.1, 0.15) is 17.5 Å². The Kier molecular flexibility index (Phi) is 4.47. The number of hydrazone groups is 1. The Morgan fingerprint density at radius 3 is 2.48 bits per heavy atom. The lowest BCUT2D eigenvalue weighted by Gasteiger charge is -2.13. The van der Waals surface area contributed by atoms with Crippen molar-refractivity contribution in [2.24, 2.45) is 28.8 Å². The molecule has 2 aromatic carbocycles. The van der Waals surface area contributed by atoms with E-state index in [1.54, 1.807) is 0 Å². The van der Waals surface area contributed by atoms with E-state index < -0.39 is 0 Å². The lowest BCUT2D eigenvalue weighted by Crippen LogP contribution is -2.28. The fraction of sp³-hybridized carbons (Fsp3) is 0.261. The molecule has 6 heteroatoms. The number of hydrogen-bond donors (Lipinski definition) is 0. The van der Waals surface area contributed by atoms with Crippen LogP contribution in [0.5, 0.6) is 5.75 Å². The van der Waals surface area contributed by atoms with Gasteiger partial charge in [-0.1, -0.05) is 54.1 Å². The maximum Gasteiger partial charge on any atom is 0.254 e. The molecule has 2 aliphatic carbocycles. The highest BCUT2D eigenvalue weighted by atomic mass is 35.5. The van der Waals surface area contributed by atoms with Gasteiger partial charge in [0, 0.05) is 10.6 Å². The summed E-state index contributed by atoms with van der Waals surface area (Å²) in [5.74, 6) is 0.191. The molecule has 5 nitrogen and oxygen atoms in total. The lowest BCUT2D eigenvalue weighted by atomic mass is 9.85. The summed E-state index contributed by atoms with van der Waals surface area (Å²) in [6.07, 6.45) is 6.60. The van der Waals surface area contributed by atoms with Crippen molar-refractivity contribution in [2.45, 2.75) is 13.0 Å². The molecule has 0 radical (unpaired) electrons. The van der Waals surface area contributed by atoms with Crippen molar-refractivity contribution in [3.05, 3.63) is 76.8 Å². The average molecular weight is 407 g/mol. The van der Waals surface area contributed by atoms with Crippen molar-refractivity contribution in [1.82, 2.24) is 5.01 Å². The van der Waals surface area contributed by atoms with Crippen molar-refractivity contribution in [2.75, 3.05) is 0 Å². The number of hydrogen-bond acceptors (Lipinski definition) is 4. The number of amides is 2. The molecule has 2 aromatic rings. The molecule has 146 valence electrons. The predicted octanol–water partition coefficient (Wildman–Crippen LogP) is 4.06. The average Bonchev–Trinajstić information content (AvgIpc) is 3.41. The van der Waals surface area contributed by atoms with Gasteiger partial charge in [-0.15, -0.1) is 0 Å². The van der Waals surface area contributed by atoms with E-state index in [0.29, 0.717) is 17.4 Å². The van der Waals surface area contributed by atoms with E-state index in [2.05, 4.69) is 17.3 Å². The molecule has 3 aliphatic rings. The van der Waals surface area contributed by atoms with E-state index in [9.17, 15) is 9.59 Å². The number of nitrogens with zero attached hydrogens (tertiary/aromatic N) is 2. The Balaban J connectivity index is 1.28. The first-order chi connectivity index (χ1) is 14.1. The number of imide groups is 1. The van der Waals surface area contributed by atoms with Crippen LogP contribution in [-0.2, 0) is 16.2 Å². The number of carbonyl (C=O) groups excluding carboxylic acids is 2. The van der Waals surface area contributed by atoms with Gasteiger partial charge >= 0.3 is 0 Å². The van der Waals surface area contributed by atoms with Crippen LogP contribution in [0.2, 0.25) is 5.02 Å². The summed E-state index contributed by atoms with van der Waals surface area (Å²) in [5, 5.41) is 5.92. The lowest BCUT2D eigenvalue weighted by molar-refractivity contribution is -0.140. The monoisotopic (exact) mass is 406 g/mol. The molecule has 2 fully saturated rings. The minimum atomic E-state index is -0.236. The van der Waals surface area contributed by atoms with Crippen molar-refractivity contribution < 1.29 is 14.3 Å². The summed E-state index contributed by atoms with van der Waals surface area (Å²) in [4.78, 5) is 25.4. The number of benzene rings is 2. The third-order valence-electron chi connectivity index (χ3n) is 5.98. The molecule has 2 amide bonds. The minimum Gasteiger partial charge on any atom is -0.489 e. The van der Waals surface area contributed by atoms with Crippen LogP contribution in [0, 0.1) is 23.7 Å². The first-order valence-corrected chi connectivity index (χ1v) is 10.1. The molecule has 5 rings (SSSR count). The highest BCUT2D eigenvalue weighted by molar-refractivity contribution is 6.31. The van der Waals surface area contributed by atoms with E-state index in [0.717, 1.165) is 22.6 Å². The standard InChI is InChI=1S/C23H19ClN2O3/c24-19-7-2-1-5-17(19)13-29-18-6-3-4-14(10-18)12-25-26-22(27)20-15-8-9-16(11-15)21(20)23(26)28/h1-10,12,15-16,20-21H,11,13H2/b25-12-/t15-,16-,20-,21-/m0/s1. The molecule has 4 atom stereocenters. The largest absolute Gasteiger partial charge is 0.489 e. The summed E-state index contributed by atoms with van der Waals surface area (Å²) < 4.78 is 5.82. The summed E-state index contributed by atoms with van der Waals surface area (Å²) in [5.41, 5.74) is 1.65. The van der Waals surface area contributed by atoms with Crippen LogP contribution >= 0.6 is 11.6 Å². The van der Waals surface area contributed by atoms with Gasteiger partial charge in [-0.25, -0.2) is 0 Å². The van der Waals surface area contributed by atoms with Crippen LogP contribution in [0.25, 0.3) is 0 Å². The summed E-state index contributed by atoms with van der Waals surface area (Å²) >= 11 is 6.16. The second-order valence-corrected chi connectivity index (χ2v) is 8.09. The van der Waals surface area contributed by atoms with Gasteiger partial charge in [0.15, 0.2) is 0 Å². The van der Waals surface area contributed by atoms with Crippen LogP contribution in [0.4, 0.5) is 0 Å². The van der Waals surface area contributed by atoms with E-state index in [1.807, 2.05) is 48.5 Å². The summed E-state index contributed by atoms with van der Waals surface area (Å²) in [6, 6.07) is 14.9. The van der Waals surface area contributed by atoms with E-state index in [-0.39, 0.29) is 35.5 Å². The molecule has 0 spiro atoms. The zero-order valence-electron chi connectivity index (χ0n) is 15.6. The molecule has 1 heterocycles. The molecular weight excluding hydrogens is 388 g/mol. The molecule has 29 heavy (non-hydrogen) atoms. The van der Waals surface area contributed by atoms with E-state index in [4.69, 9.17) is 16.3 Å². The van der Waals surface area contributed by atoms with Gasteiger partial charge < -0.3 is 4.74 Å². The van der Waals surface area contributed by atoms with Gasteiger partial charge in [0.25, 0.3) is 11.8 Å². The molecule has 2 bridgehead atoms. The van der Waals surface area contributed by atoms with Crippen LogP contribution in [-0.4, -0.2) is 23.0 Å². The Labute approximate surface area is 173 Å². The number of halogens is 1. The molecule has 1 saturated heterocycles. The summed E-state index contributed by atoms with van der Waals surface area (Å²) in [6.45, 7) is 0.350.